The zero-order valence-electron chi connectivity index (χ0n) is 18.3. The van der Waals surface area contributed by atoms with Gasteiger partial charge in [0, 0.05) is 23.4 Å². The predicted octanol–water partition coefficient (Wildman–Crippen LogP) is 5.40. The van der Waals surface area contributed by atoms with E-state index in [0.29, 0.717) is 33.0 Å². The molecule has 0 bridgehead atoms. The van der Waals surface area contributed by atoms with Gasteiger partial charge in [-0.25, -0.2) is 4.98 Å². The van der Waals surface area contributed by atoms with Crippen molar-refractivity contribution in [3.05, 3.63) is 70.2 Å². The molecule has 9 heteroatoms. The maximum absolute atomic E-state index is 12.7. The Morgan fingerprint density at radius 1 is 1.18 bits per heavy atom. The van der Waals surface area contributed by atoms with E-state index in [2.05, 4.69) is 10.3 Å². The highest BCUT2D eigenvalue weighted by molar-refractivity contribution is 6.36. The first-order valence-electron chi connectivity index (χ1n) is 10.4. The number of benzene rings is 2. The topological polar surface area (TPSA) is 90.7 Å². The summed E-state index contributed by atoms with van der Waals surface area (Å²) in [6, 6.07) is 11.7. The van der Waals surface area contributed by atoms with Gasteiger partial charge in [0.2, 0.25) is 5.91 Å². The van der Waals surface area contributed by atoms with E-state index in [9.17, 15) is 9.59 Å². The van der Waals surface area contributed by atoms with Crippen LogP contribution in [0.3, 0.4) is 0 Å². The monoisotopic (exact) mass is 490 g/mol. The van der Waals surface area contributed by atoms with Crippen LogP contribution >= 0.6 is 23.2 Å². The Balaban J connectivity index is 1.65. The van der Waals surface area contributed by atoms with Gasteiger partial charge in [0.05, 0.1) is 37.4 Å². The number of aryl methyl sites for hydroxylation is 1. The number of esters is 1. The summed E-state index contributed by atoms with van der Waals surface area (Å²) in [5.74, 6) is 0.862. The lowest BCUT2D eigenvalue weighted by Gasteiger charge is -2.19. The van der Waals surface area contributed by atoms with Gasteiger partial charge in [-0.15, -0.1) is 0 Å². The lowest BCUT2D eigenvalue weighted by Crippen LogP contribution is -2.30. The Morgan fingerprint density at radius 3 is 2.73 bits per heavy atom. The number of carbonyl (C=O) groups is 2. The van der Waals surface area contributed by atoms with Gasteiger partial charge in [-0.1, -0.05) is 35.3 Å². The summed E-state index contributed by atoms with van der Waals surface area (Å²) in [5, 5.41) is 3.87. The minimum Gasteiger partial charge on any atom is -0.497 e. The number of rotatable bonds is 10. The van der Waals surface area contributed by atoms with E-state index in [1.165, 1.54) is 0 Å². The molecule has 3 rings (SSSR count). The fourth-order valence-electron chi connectivity index (χ4n) is 3.22. The number of hydrogen-bond donors (Lipinski definition) is 1. The first-order chi connectivity index (χ1) is 15.9. The third-order valence-electron chi connectivity index (χ3n) is 4.82. The molecule has 0 aliphatic rings. The summed E-state index contributed by atoms with van der Waals surface area (Å²) >= 11 is 12.2. The van der Waals surface area contributed by atoms with Crippen LogP contribution < -0.4 is 10.1 Å². The van der Waals surface area contributed by atoms with Gasteiger partial charge in [0.25, 0.3) is 0 Å². The molecule has 0 aliphatic heterocycles. The largest absolute Gasteiger partial charge is 0.497 e. The van der Waals surface area contributed by atoms with Gasteiger partial charge in [0.1, 0.15) is 5.75 Å². The SMILES string of the molecule is CCOC(=O)CC(NC(=O)CCc1ncc(-c2ccc(Cl)cc2Cl)o1)c1cccc(OC)c1. The summed E-state index contributed by atoms with van der Waals surface area (Å²) < 4.78 is 16.1. The Hall–Kier alpha value is -3.03. The number of ether oxygens (including phenoxy) is 2. The van der Waals surface area contributed by atoms with Crippen LogP contribution in [0.1, 0.15) is 37.3 Å². The summed E-state index contributed by atoms with van der Waals surface area (Å²) in [4.78, 5) is 29.0. The van der Waals surface area contributed by atoms with E-state index in [1.807, 2.05) is 6.07 Å². The highest BCUT2D eigenvalue weighted by Crippen LogP contribution is 2.31. The van der Waals surface area contributed by atoms with Crippen molar-refractivity contribution in [3.63, 3.8) is 0 Å². The number of nitrogens with one attached hydrogen (secondary N) is 1. The molecule has 1 unspecified atom stereocenters. The summed E-state index contributed by atoms with van der Waals surface area (Å²) in [5.41, 5.74) is 1.41. The Labute approximate surface area is 202 Å². The molecule has 1 N–H and O–H groups in total. The van der Waals surface area contributed by atoms with E-state index >= 15 is 0 Å². The van der Waals surface area contributed by atoms with Crippen molar-refractivity contribution in [2.75, 3.05) is 13.7 Å². The first kappa shape index (κ1) is 24.6. The molecule has 2 aromatic carbocycles. The molecule has 0 radical (unpaired) electrons. The van der Waals surface area contributed by atoms with Crippen LogP contribution in [0.5, 0.6) is 5.75 Å². The number of oxazole rings is 1. The second-order valence-electron chi connectivity index (χ2n) is 7.15. The van der Waals surface area contributed by atoms with Gasteiger partial charge in [0.15, 0.2) is 11.7 Å². The highest BCUT2D eigenvalue weighted by atomic mass is 35.5. The number of aromatic nitrogens is 1. The number of amides is 1. The second kappa shape index (κ2) is 11.7. The summed E-state index contributed by atoms with van der Waals surface area (Å²) in [6.45, 7) is 2.00. The van der Waals surface area contributed by atoms with E-state index < -0.39 is 12.0 Å². The van der Waals surface area contributed by atoms with Crippen molar-refractivity contribution in [1.82, 2.24) is 10.3 Å². The molecule has 0 saturated heterocycles. The Kier molecular flexibility index (Phi) is 8.74. The molecule has 0 saturated carbocycles. The van der Waals surface area contributed by atoms with Gasteiger partial charge in [-0.3, -0.25) is 9.59 Å². The van der Waals surface area contributed by atoms with Crippen LogP contribution in [-0.4, -0.2) is 30.6 Å². The van der Waals surface area contributed by atoms with Crippen molar-refractivity contribution < 1.29 is 23.5 Å². The molecular weight excluding hydrogens is 467 g/mol. The molecule has 0 aliphatic carbocycles. The van der Waals surface area contributed by atoms with Crippen LogP contribution in [0.2, 0.25) is 10.0 Å². The predicted molar refractivity (Wildman–Crippen MR) is 125 cm³/mol. The van der Waals surface area contributed by atoms with Crippen LogP contribution in [0.25, 0.3) is 11.3 Å². The van der Waals surface area contributed by atoms with Crippen molar-refractivity contribution in [3.8, 4) is 17.1 Å². The van der Waals surface area contributed by atoms with Crippen molar-refractivity contribution in [1.29, 1.82) is 0 Å². The molecule has 174 valence electrons. The molecule has 33 heavy (non-hydrogen) atoms. The van der Waals surface area contributed by atoms with Crippen molar-refractivity contribution >= 4 is 35.1 Å². The highest BCUT2D eigenvalue weighted by Gasteiger charge is 2.20. The van der Waals surface area contributed by atoms with Crippen LogP contribution in [0.15, 0.2) is 53.1 Å². The molecule has 1 amide bonds. The van der Waals surface area contributed by atoms with E-state index in [-0.39, 0.29) is 31.8 Å². The van der Waals surface area contributed by atoms with Gasteiger partial charge < -0.3 is 19.2 Å². The van der Waals surface area contributed by atoms with E-state index in [0.717, 1.165) is 5.56 Å². The molecular formula is C24H24Cl2N2O5. The molecule has 1 atom stereocenters. The number of nitrogens with zero attached hydrogens (tertiary/aromatic N) is 1. The maximum atomic E-state index is 12.7. The Bertz CT molecular complexity index is 1120. The average molecular weight is 491 g/mol. The molecule has 0 fully saturated rings. The zero-order valence-corrected chi connectivity index (χ0v) is 19.8. The van der Waals surface area contributed by atoms with Crippen LogP contribution in [0, 0.1) is 0 Å². The standard InChI is InChI=1S/C24H24Cl2N2O5/c1-3-32-24(30)13-20(15-5-4-6-17(11-15)31-2)28-22(29)9-10-23-27-14-21(33-23)18-8-7-16(25)12-19(18)26/h4-8,11-12,14,20H,3,9-10,13H2,1-2H3,(H,28,29). The quantitative estimate of drug-likeness (QED) is 0.382. The van der Waals surface area contributed by atoms with Gasteiger partial charge in [-0.05, 0) is 42.8 Å². The Morgan fingerprint density at radius 2 is 2.00 bits per heavy atom. The molecule has 7 nitrogen and oxygen atoms in total. The lowest BCUT2D eigenvalue weighted by molar-refractivity contribution is -0.143. The minimum absolute atomic E-state index is 0.00492. The fourth-order valence-corrected chi connectivity index (χ4v) is 3.73. The van der Waals surface area contributed by atoms with Crippen molar-refractivity contribution in [2.45, 2.75) is 32.2 Å². The number of hydrogen-bond acceptors (Lipinski definition) is 6. The zero-order chi connectivity index (χ0) is 23.8. The third kappa shape index (κ3) is 6.97. The number of halogens is 2. The second-order valence-corrected chi connectivity index (χ2v) is 7.99. The molecule has 1 aromatic heterocycles. The molecule has 3 aromatic rings. The van der Waals surface area contributed by atoms with Crippen molar-refractivity contribution in [2.24, 2.45) is 0 Å². The summed E-state index contributed by atoms with van der Waals surface area (Å²) in [7, 11) is 1.56. The fraction of sp³-hybridized carbons (Fsp3) is 0.292. The molecule has 0 spiro atoms. The normalized spacial score (nSPS) is 11.6. The van der Waals surface area contributed by atoms with Gasteiger partial charge >= 0.3 is 5.97 Å². The third-order valence-corrected chi connectivity index (χ3v) is 5.37. The number of carbonyl (C=O) groups excluding carboxylic acids is 2. The van der Waals surface area contributed by atoms with E-state index in [4.69, 9.17) is 37.1 Å². The van der Waals surface area contributed by atoms with E-state index in [1.54, 1.807) is 56.6 Å². The smallest absolute Gasteiger partial charge is 0.308 e. The number of methoxy groups -OCH3 is 1. The first-order valence-corrected chi connectivity index (χ1v) is 11.1. The maximum Gasteiger partial charge on any atom is 0.308 e. The van der Waals surface area contributed by atoms with Gasteiger partial charge in [-0.2, -0.15) is 0 Å². The van der Waals surface area contributed by atoms with Crippen LogP contribution in [0.4, 0.5) is 0 Å². The average Bonchev–Trinajstić information content (AvgIpc) is 3.26. The minimum atomic E-state index is -0.556. The van der Waals surface area contributed by atoms with Crippen LogP contribution in [-0.2, 0) is 20.7 Å². The summed E-state index contributed by atoms with van der Waals surface area (Å²) in [6.07, 6.45) is 1.96. The lowest BCUT2D eigenvalue weighted by atomic mass is 10.0. The molecule has 1 heterocycles.